The highest BCUT2D eigenvalue weighted by atomic mass is 19.4. The van der Waals surface area contributed by atoms with Gasteiger partial charge in [0.25, 0.3) is 0 Å². The maximum atomic E-state index is 12.3. The summed E-state index contributed by atoms with van der Waals surface area (Å²) in [6.45, 7) is 3.44. The Hall–Kier alpha value is -1.85. The van der Waals surface area contributed by atoms with E-state index in [1.807, 2.05) is 5.32 Å². The van der Waals surface area contributed by atoms with Crippen LogP contribution < -0.4 is 5.32 Å². The second-order valence-corrected chi connectivity index (χ2v) is 4.64. The van der Waals surface area contributed by atoms with Gasteiger partial charge in [-0.25, -0.2) is 0 Å². The number of nitrogens with one attached hydrogen (secondary N) is 1. The van der Waals surface area contributed by atoms with Gasteiger partial charge in [-0.1, -0.05) is 12.1 Å². The number of alkyl halides is 3. The van der Waals surface area contributed by atoms with E-state index in [2.05, 4.69) is 0 Å². The van der Waals surface area contributed by atoms with Crippen molar-refractivity contribution < 1.29 is 22.8 Å². The molecule has 1 aliphatic rings. The molecule has 1 aliphatic carbocycles. The van der Waals surface area contributed by atoms with Crippen LogP contribution in [0.1, 0.15) is 39.5 Å². The molecule has 1 aromatic rings. The Morgan fingerprint density at radius 3 is 2.42 bits per heavy atom. The van der Waals surface area contributed by atoms with Gasteiger partial charge >= 0.3 is 12.1 Å². The summed E-state index contributed by atoms with van der Waals surface area (Å²) in [5.74, 6) is -2.25. The fourth-order valence-electron chi connectivity index (χ4n) is 2.40. The number of Topliss-reactive ketones (excluding diaryl/α,β-unsaturated/α-hetero) is 1. The molecule has 1 unspecified atom stereocenters. The molecule has 1 atom stereocenters. The third kappa shape index (κ3) is 2.34. The van der Waals surface area contributed by atoms with E-state index in [-0.39, 0.29) is 12.2 Å². The number of amides is 1. The second-order valence-electron chi connectivity index (χ2n) is 4.64. The quantitative estimate of drug-likeness (QED) is 0.853. The third-order valence-electron chi connectivity index (χ3n) is 3.25. The number of aryl methyl sites for hydroxylation is 2. The first kappa shape index (κ1) is 13.6. The number of benzene rings is 1. The molecule has 0 saturated carbocycles. The maximum Gasteiger partial charge on any atom is 0.471 e. The van der Waals surface area contributed by atoms with E-state index in [1.54, 1.807) is 26.0 Å². The molecule has 0 radical (unpaired) electrons. The zero-order chi connectivity index (χ0) is 14.4. The summed E-state index contributed by atoms with van der Waals surface area (Å²) in [4.78, 5) is 22.8. The highest BCUT2D eigenvalue weighted by Crippen LogP contribution is 2.36. The molecular formula is C13H12F3NO2. The highest BCUT2D eigenvalue weighted by Gasteiger charge is 2.42. The summed E-state index contributed by atoms with van der Waals surface area (Å²) >= 11 is 0. The summed E-state index contributed by atoms with van der Waals surface area (Å²) < 4.78 is 36.8. The SMILES string of the molecule is Cc1ccc(C)c2c1C(=O)CC2NC(=O)C(F)(F)F. The first-order chi connectivity index (χ1) is 8.71. The predicted molar refractivity (Wildman–Crippen MR) is 61.8 cm³/mol. The molecule has 19 heavy (non-hydrogen) atoms. The largest absolute Gasteiger partial charge is 0.471 e. The number of hydrogen-bond donors (Lipinski definition) is 1. The molecule has 0 fully saturated rings. The van der Waals surface area contributed by atoms with Gasteiger partial charge < -0.3 is 5.32 Å². The maximum absolute atomic E-state index is 12.3. The lowest BCUT2D eigenvalue weighted by Crippen LogP contribution is -2.38. The van der Waals surface area contributed by atoms with Crippen molar-refractivity contribution in [2.24, 2.45) is 0 Å². The van der Waals surface area contributed by atoms with Crippen LogP contribution in [0.15, 0.2) is 12.1 Å². The van der Waals surface area contributed by atoms with E-state index in [4.69, 9.17) is 0 Å². The normalized spacial score (nSPS) is 18.4. The molecule has 0 heterocycles. The Bertz CT molecular complexity index is 564. The molecule has 0 bridgehead atoms. The van der Waals surface area contributed by atoms with E-state index >= 15 is 0 Å². The minimum atomic E-state index is -4.94. The summed E-state index contributed by atoms with van der Waals surface area (Å²) in [6, 6.07) is 2.59. The molecule has 1 amide bonds. The fraction of sp³-hybridized carbons (Fsp3) is 0.385. The van der Waals surface area contributed by atoms with E-state index in [9.17, 15) is 22.8 Å². The highest BCUT2D eigenvalue weighted by molar-refractivity contribution is 6.03. The second kappa shape index (κ2) is 4.36. The Morgan fingerprint density at radius 1 is 1.26 bits per heavy atom. The number of carbonyl (C=O) groups is 2. The van der Waals surface area contributed by atoms with Gasteiger partial charge in [0.05, 0.1) is 6.04 Å². The Labute approximate surface area is 107 Å². The van der Waals surface area contributed by atoms with Crippen LogP contribution in [0, 0.1) is 13.8 Å². The van der Waals surface area contributed by atoms with E-state index in [0.717, 1.165) is 0 Å². The van der Waals surface area contributed by atoms with Crippen LogP contribution in [-0.2, 0) is 4.79 Å². The number of rotatable bonds is 1. The van der Waals surface area contributed by atoms with Crippen LogP contribution >= 0.6 is 0 Å². The van der Waals surface area contributed by atoms with E-state index in [0.29, 0.717) is 22.3 Å². The van der Waals surface area contributed by atoms with Crippen molar-refractivity contribution in [3.63, 3.8) is 0 Å². The van der Waals surface area contributed by atoms with Crippen molar-refractivity contribution in [3.8, 4) is 0 Å². The summed E-state index contributed by atoms with van der Waals surface area (Å²) in [6.07, 6.45) is -5.06. The number of hydrogen-bond acceptors (Lipinski definition) is 2. The Morgan fingerprint density at radius 2 is 1.84 bits per heavy atom. The fourth-order valence-corrected chi connectivity index (χ4v) is 2.40. The average molecular weight is 271 g/mol. The molecule has 0 aliphatic heterocycles. The summed E-state index contributed by atoms with van der Waals surface area (Å²) in [7, 11) is 0. The Kier molecular flexibility index (Phi) is 3.12. The predicted octanol–water partition coefficient (Wildman–Crippen LogP) is 2.61. The van der Waals surface area contributed by atoms with Crippen LogP contribution in [0.25, 0.3) is 0 Å². The molecule has 0 spiro atoms. The smallest absolute Gasteiger partial charge is 0.341 e. The van der Waals surface area contributed by atoms with Crippen molar-refractivity contribution in [1.29, 1.82) is 0 Å². The van der Waals surface area contributed by atoms with Crippen LogP contribution in [-0.4, -0.2) is 17.9 Å². The Balaban J connectivity index is 2.38. The summed E-state index contributed by atoms with van der Waals surface area (Å²) in [5.41, 5.74) is 2.36. The molecule has 6 heteroatoms. The van der Waals surface area contributed by atoms with Crippen LogP contribution in [0.3, 0.4) is 0 Å². The van der Waals surface area contributed by atoms with Crippen LogP contribution in [0.5, 0.6) is 0 Å². The van der Waals surface area contributed by atoms with Gasteiger partial charge in [0.15, 0.2) is 5.78 Å². The molecule has 3 nitrogen and oxygen atoms in total. The standard InChI is InChI=1S/C13H12F3NO2/c1-6-3-4-7(2)11-9(18)5-8(10(6)11)17-12(19)13(14,15)16/h3-4,8H,5H2,1-2H3,(H,17,19). The number of carbonyl (C=O) groups excluding carboxylic acids is 2. The van der Waals surface area contributed by atoms with Crippen molar-refractivity contribution >= 4 is 11.7 Å². The van der Waals surface area contributed by atoms with Gasteiger partial charge in [-0.05, 0) is 30.5 Å². The van der Waals surface area contributed by atoms with Gasteiger partial charge in [-0.15, -0.1) is 0 Å². The number of ketones is 1. The van der Waals surface area contributed by atoms with E-state index in [1.165, 1.54) is 0 Å². The van der Waals surface area contributed by atoms with E-state index < -0.39 is 18.1 Å². The topological polar surface area (TPSA) is 46.2 Å². The minimum absolute atomic E-state index is 0.122. The lowest BCUT2D eigenvalue weighted by atomic mass is 9.98. The summed E-state index contributed by atoms with van der Waals surface area (Å²) in [5, 5.41) is 1.89. The van der Waals surface area contributed by atoms with Gasteiger partial charge in [0, 0.05) is 12.0 Å². The van der Waals surface area contributed by atoms with Gasteiger partial charge in [-0.3, -0.25) is 9.59 Å². The van der Waals surface area contributed by atoms with Crippen molar-refractivity contribution in [3.05, 3.63) is 34.4 Å². The number of halogens is 3. The minimum Gasteiger partial charge on any atom is -0.341 e. The average Bonchev–Trinajstić information content (AvgIpc) is 2.61. The zero-order valence-corrected chi connectivity index (χ0v) is 10.4. The molecule has 2 rings (SSSR count). The van der Waals surface area contributed by atoms with Gasteiger partial charge in [0.2, 0.25) is 0 Å². The third-order valence-corrected chi connectivity index (χ3v) is 3.25. The lowest BCUT2D eigenvalue weighted by molar-refractivity contribution is -0.174. The van der Waals surface area contributed by atoms with Crippen LogP contribution in [0.4, 0.5) is 13.2 Å². The van der Waals surface area contributed by atoms with Crippen molar-refractivity contribution in [1.82, 2.24) is 5.32 Å². The molecule has 1 aromatic carbocycles. The van der Waals surface area contributed by atoms with Gasteiger partial charge in [-0.2, -0.15) is 13.2 Å². The molecule has 1 N–H and O–H groups in total. The zero-order valence-electron chi connectivity index (χ0n) is 10.4. The number of fused-ring (bicyclic) bond motifs is 1. The first-order valence-corrected chi connectivity index (χ1v) is 5.73. The lowest BCUT2D eigenvalue weighted by Gasteiger charge is -2.17. The monoisotopic (exact) mass is 271 g/mol. The first-order valence-electron chi connectivity index (χ1n) is 5.73. The molecule has 0 aromatic heterocycles. The van der Waals surface area contributed by atoms with Gasteiger partial charge in [0.1, 0.15) is 0 Å². The van der Waals surface area contributed by atoms with Crippen LogP contribution in [0.2, 0.25) is 0 Å². The van der Waals surface area contributed by atoms with Crippen molar-refractivity contribution in [2.45, 2.75) is 32.5 Å². The molecule has 0 saturated heterocycles. The van der Waals surface area contributed by atoms with Crippen molar-refractivity contribution in [2.75, 3.05) is 0 Å². The molecular weight excluding hydrogens is 259 g/mol. The molecule has 102 valence electrons.